The van der Waals surface area contributed by atoms with Crippen LogP contribution in [-0.2, 0) is 10.0 Å². The molecule has 0 fully saturated rings. The van der Waals surface area contributed by atoms with Crippen molar-refractivity contribution < 1.29 is 8.42 Å². The Hall–Kier alpha value is -1.54. The number of benzene rings is 1. The van der Waals surface area contributed by atoms with Crippen molar-refractivity contribution in [3.63, 3.8) is 0 Å². The van der Waals surface area contributed by atoms with Crippen molar-refractivity contribution in [2.75, 3.05) is 13.1 Å². The van der Waals surface area contributed by atoms with Crippen LogP contribution in [0.1, 0.15) is 12.8 Å². The van der Waals surface area contributed by atoms with E-state index < -0.39 is 10.0 Å². The smallest absolute Gasteiger partial charge is 0.243 e. The minimum atomic E-state index is -3.56. The second kappa shape index (κ2) is 8.79. The van der Waals surface area contributed by atoms with Gasteiger partial charge in [0.1, 0.15) is 4.90 Å². The molecule has 0 saturated heterocycles. The van der Waals surface area contributed by atoms with Gasteiger partial charge >= 0.3 is 0 Å². The van der Waals surface area contributed by atoms with Crippen LogP contribution >= 0.6 is 12.4 Å². The van der Waals surface area contributed by atoms with Gasteiger partial charge in [0.25, 0.3) is 0 Å². The molecule has 0 saturated carbocycles. The summed E-state index contributed by atoms with van der Waals surface area (Å²) in [6.07, 6.45) is 4.13. The number of nitrogens with zero attached hydrogens (tertiary/aromatic N) is 2. The van der Waals surface area contributed by atoms with Crippen molar-refractivity contribution in [2.24, 2.45) is 5.73 Å². The molecular formula is C14H19ClN4O2S. The second-order valence-electron chi connectivity index (χ2n) is 4.50. The van der Waals surface area contributed by atoms with Crippen molar-refractivity contribution in [1.82, 2.24) is 14.7 Å². The van der Waals surface area contributed by atoms with Gasteiger partial charge in [-0.2, -0.15) is 0 Å². The number of hydrogen-bond donors (Lipinski definition) is 2. The van der Waals surface area contributed by atoms with Gasteiger partial charge in [0.05, 0.1) is 12.4 Å². The van der Waals surface area contributed by atoms with E-state index in [1.165, 1.54) is 12.4 Å². The predicted octanol–water partition coefficient (Wildman–Crippen LogP) is 1.58. The predicted molar refractivity (Wildman–Crippen MR) is 88.2 cm³/mol. The zero-order valence-electron chi connectivity index (χ0n) is 12.0. The van der Waals surface area contributed by atoms with E-state index in [-0.39, 0.29) is 17.3 Å². The normalized spacial score (nSPS) is 11.0. The van der Waals surface area contributed by atoms with Gasteiger partial charge in [-0.1, -0.05) is 30.3 Å². The highest BCUT2D eigenvalue weighted by molar-refractivity contribution is 7.89. The molecule has 22 heavy (non-hydrogen) atoms. The van der Waals surface area contributed by atoms with E-state index in [1.807, 2.05) is 30.3 Å². The first kappa shape index (κ1) is 18.5. The highest BCUT2D eigenvalue weighted by Gasteiger charge is 2.14. The van der Waals surface area contributed by atoms with Crippen molar-refractivity contribution >= 4 is 22.4 Å². The fourth-order valence-electron chi connectivity index (χ4n) is 1.75. The van der Waals surface area contributed by atoms with E-state index in [0.717, 1.165) is 12.0 Å². The molecule has 0 spiro atoms. The molecule has 0 amide bonds. The summed E-state index contributed by atoms with van der Waals surface area (Å²) >= 11 is 0. The van der Waals surface area contributed by atoms with E-state index in [2.05, 4.69) is 14.7 Å². The van der Waals surface area contributed by atoms with Gasteiger partial charge in [0, 0.05) is 12.1 Å². The molecule has 6 nitrogen and oxygen atoms in total. The van der Waals surface area contributed by atoms with Crippen LogP contribution in [0.2, 0.25) is 0 Å². The molecule has 3 N–H and O–H groups in total. The Morgan fingerprint density at radius 3 is 2.27 bits per heavy atom. The first-order chi connectivity index (χ1) is 10.1. The van der Waals surface area contributed by atoms with Crippen LogP contribution in [0.3, 0.4) is 0 Å². The lowest BCUT2D eigenvalue weighted by atomic mass is 10.2. The molecule has 0 aliphatic rings. The molecule has 8 heteroatoms. The molecule has 0 radical (unpaired) electrons. The lowest BCUT2D eigenvalue weighted by Crippen LogP contribution is -2.25. The van der Waals surface area contributed by atoms with Crippen LogP contribution in [0, 0.1) is 0 Å². The average Bonchev–Trinajstić information content (AvgIpc) is 2.53. The van der Waals surface area contributed by atoms with E-state index in [1.54, 1.807) is 0 Å². The topological polar surface area (TPSA) is 98.0 Å². The summed E-state index contributed by atoms with van der Waals surface area (Å²) in [5, 5.41) is 0. The van der Waals surface area contributed by atoms with Gasteiger partial charge in [-0.25, -0.2) is 23.1 Å². The number of aromatic nitrogens is 2. The fraction of sp³-hybridized carbons (Fsp3) is 0.286. The molecule has 120 valence electrons. The Labute approximate surface area is 136 Å². The Morgan fingerprint density at radius 2 is 1.68 bits per heavy atom. The minimum Gasteiger partial charge on any atom is -0.330 e. The molecule has 0 bridgehead atoms. The highest BCUT2D eigenvalue weighted by Crippen LogP contribution is 2.14. The lowest BCUT2D eigenvalue weighted by Gasteiger charge is -2.06. The van der Waals surface area contributed by atoms with Crippen LogP contribution in [0.15, 0.2) is 47.6 Å². The molecule has 2 aromatic rings. The summed E-state index contributed by atoms with van der Waals surface area (Å²) in [4.78, 5) is 8.28. The zero-order chi connectivity index (χ0) is 15.1. The number of sulfonamides is 1. The van der Waals surface area contributed by atoms with Crippen molar-refractivity contribution in [1.29, 1.82) is 0 Å². The minimum absolute atomic E-state index is 0. The van der Waals surface area contributed by atoms with E-state index in [9.17, 15) is 8.42 Å². The maximum absolute atomic E-state index is 12.0. The van der Waals surface area contributed by atoms with Gasteiger partial charge in [-0.15, -0.1) is 12.4 Å². The number of hydrogen-bond acceptors (Lipinski definition) is 5. The standard InChI is InChI=1S/C14H18N4O2S.ClH/c15-8-4-5-9-18-21(19,20)13-10-16-14(17-11-13)12-6-2-1-3-7-12;/h1-3,6-7,10-11,18H,4-5,8-9,15H2;1H. The summed E-state index contributed by atoms with van der Waals surface area (Å²) in [7, 11) is -3.56. The monoisotopic (exact) mass is 342 g/mol. The largest absolute Gasteiger partial charge is 0.330 e. The molecule has 1 aromatic heterocycles. The Bertz CT molecular complexity index is 663. The van der Waals surface area contributed by atoms with E-state index >= 15 is 0 Å². The third kappa shape index (κ3) is 5.03. The Kier molecular flexibility index (Phi) is 7.40. The maximum Gasteiger partial charge on any atom is 0.243 e. The van der Waals surface area contributed by atoms with Crippen LogP contribution in [0.25, 0.3) is 11.4 Å². The molecule has 2 rings (SSSR count). The molecule has 0 aliphatic carbocycles. The van der Waals surface area contributed by atoms with Crippen LogP contribution in [-0.4, -0.2) is 31.5 Å². The Morgan fingerprint density at radius 1 is 1.05 bits per heavy atom. The third-order valence-corrected chi connectivity index (χ3v) is 4.31. The lowest BCUT2D eigenvalue weighted by molar-refractivity contribution is 0.576. The SMILES string of the molecule is Cl.NCCCCNS(=O)(=O)c1cnc(-c2ccccc2)nc1. The number of halogens is 1. The first-order valence-corrected chi connectivity index (χ1v) is 8.19. The van der Waals surface area contributed by atoms with Gasteiger partial charge < -0.3 is 5.73 Å². The molecule has 0 unspecified atom stereocenters. The summed E-state index contributed by atoms with van der Waals surface area (Å²) in [5.74, 6) is 0.498. The Balaban J connectivity index is 0.00000242. The number of rotatable bonds is 7. The molecular weight excluding hydrogens is 324 g/mol. The number of nitrogens with one attached hydrogen (secondary N) is 1. The van der Waals surface area contributed by atoms with Gasteiger partial charge in [-0.3, -0.25) is 0 Å². The van der Waals surface area contributed by atoms with Gasteiger partial charge in [0.15, 0.2) is 5.82 Å². The molecule has 0 atom stereocenters. The molecule has 1 aromatic carbocycles. The summed E-state index contributed by atoms with van der Waals surface area (Å²) in [5.41, 5.74) is 6.21. The van der Waals surface area contributed by atoms with Crippen molar-refractivity contribution in [3.05, 3.63) is 42.7 Å². The van der Waals surface area contributed by atoms with Gasteiger partial charge in [-0.05, 0) is 19.4 Å². The summed E-state index contributed by atoms with van der Waals surface area (Å²) in [6, 6.07) is 9.39. The quantitative estimate of drug-likeness (QED) is 0.744. The van der Waals surface area contributed by atoms with Crippen molar-refractivity contribution in [3.8, 4) is 11.4 Å². The number of unbranched alkanes of at least 4 members (excludes halogenated alkanes) is 1. The maximum atomic E-state index is 12.0. The van der Waals surface area contributed by atoms with Crippen molar-refractivity contribution in [2.45, 2.75) is 17.7 Å². The number of nitrogens with two attached hydrogens (primary N) is 1. The highest BCUT2D eigenvalue weighted by atomic mass is 35.5. The second-order valence-corrected chi connectivity index (χ2v) is 6.27. The summed E-state index contributed by atoms with van der Waals surface area (Å²) < 4.78 is 26.5. The first-order valence-electron chi connectivity index (χ1n) is 6.71. The fourth-order valence-corrected chi connectivity index (χ4v) is 2.71. The van der Waals surface area contributed by atoms with Crippen LogP contribution in [0.4, 0.5) is 0 Å². The van der Waals surface area contributed by atoms with Gasteiger partial charge in [0.2, 0.25) is 10.0 Å². The van der Waals surface area contributed by atoms with E-state index in [0.29, 0.717) is 25.3 Å². The average molecular weight is 343 g/mol. The van der Waals surface area contributed by atoms with E-state index in [4.69, 9.17) is 5.73 Å². The van der Waals surface area contributed by atoms with Crippen LogP contribution < -0.4 is 10.5 Å². The summed E-state index contributed by atoms with van der Waals surface area (Å²) in [6.45, 7) is 0.913. The third-order valence-electron chi connectivity index (χ3n) is 2.89. The molecule has 0 aliphatic heterocycles. The zero-order valence-corrected chi connectivity index (χ0v) is 13.6. The molecule has 1 heterocycles. The van der Waals surface area contributed by atoms with Crippen LogP contribution in [0.5, 0.6) is 0 Å².